The maximum atomic E-state index is 13.7. The Balaban J connectivity index is 1.38. The van der Waals surface area contributed by atoms with Crippen molar-refractivity contribution in [2.45, 2.75) is 10.1 Å². The molecule has 7 nitrogen and oxygen atoms in total. The fourth-order valence-corrected chi connectivity index (χ4v) is 6.02. The van der Waals surface area contributed by atoms with Gasteiger partial charge in [0.1, 0.15) is 10.9 Å². The van der Waals surface area contributed by atoms with E-state index in [9.17, 15) is 14.4 Å². The molecule has 5 aromatic carbocycles. The number of rotatable bonds is 11. The monoisotopic (exact) mass is 694 g/mol. The van der Waals surface area contributed by atoms with E-state index in [2.05, 4.69) is 16.0 Å². The first kappa shape index (κ1) is 34.3. The van der Waals surface area contributed by atoms with Gasteiger partial charge >= 0.3 is 0 Å². The predicted molar refractivity (Wildman–Crippen MR) is 198 cm³/mol. The van der Waals surface area contributed by atoms with Gasteiger partial charge in [0.15, 0.2) is 0 Å². The highest BCUT2D eigenvalue weighted by Gasteiger charge is 2.23. The number of thioether (sulfide) groups is 1. The van der Waals surface area contributed by atoms with Gasteiger partial charge in [-0.3, -0.25) is 14.4 Å². The van der Waals surface area contributed by atoms with Gasteiger partial charge in [-0.05, 0) is 77.9 Å². The number of hydrogen-bond donors (Lipinski definition) is 3. The molecule has 1 atom stereocenters. The summed E-state index contributed by atoms with van der Waals surface area (Å²) in [6, 6.07) is 37.8. The molecular weight excluding hydrogens is 663 g/mol. The van der Waals surface area contributed by atoms with Crippen LogP contribution >= 0.6 is 35.0 Å². The third-order valence-electron chi connectivity index (χ3n) is 7.12. The summed E-state index contributed by atoms with van der Waals surface area (Å²) < 4.78 is 0. The third-order valence-corrected chi connectivity index (χ3v) is 9.11. The minimum atomic E-state index is -0.627. The molecule has 3 amide bonds. The first-order valence-electron chi connectivity index (χ1n) is 14.9. The van der Waals surface area contributed by atoms with Crippen molar-refractivity contribution in [3.63, 3.8) is 0 Å². The number of nitrogens with zero attached hydrogens (tertiary/aromatic N) is 1. The van der Waals surface area contributed by atoms with Crippen molar-refractivity contribution in [3.8, 4) is 0 Å². The Kier molecular flexibility index (Phi) is 11.6. The first-order chi connectivity index (χ1) is 23.2. The Morgan fingerprint density at radius 3 is 2.04 bits per heavy atom. The zero-order chi connectivity index (χ0) is 34.0. The minimum Gasteiger partial charge on any atom is -0.378 e. The van der Waals surface area contributed by atoms with Gasteiger partial charge in [-0.25, -0.2) is 0 Å². The fraction of sp³-hybridized carbons (Fsp3) is 0.0789. The molecule has 0 bridgehead atoms. The fourth-order valence-electron chi connectivity index (χ4n) is 4.64. The van der Waals surface area contributed by atoms with Gasteiger partial charge < -0.3 is 20.9 Å². The second-order valence-electron chi connectivity index (χ2n) is 10.9. The summed E-state index contributed by atoms with van der Waals surface area (Å²) in [5.41, 5.74) is 4.03. The lowest BCUT2D eigenvalue weighted by Gasteiger charge is -2.18. The molecule has 48 heavy (non-hydrogen) atoms. The summed E-state index contributed by atoms with van der Waals surface area (Å²) in [6.07, 6.45) is 1.63. The van der Waals surface area contributed by atoms with Gasteiger partial charge in [-0.1, -0.05) is 89.9 Å². The highest BCUT2D eigenvalue weighted by Crippen LogP contribution is 2.37. The van der Waals surface area contributed by atoms with Gasteiger partial charge in [-0.2, -0.15) is 0 Å². The van der Waals surface area contributed by atoms with Crippen LogP contribution in [-0.4, -0.2) is 31.8 Å². The van der Waals surface area contributed by atoms with Crippen LogP contribution in [0.1, 0.15) is 26.7 Å². The summed E-state index contributed by atoms with van der Waals surface area (Å²) in [4.78, 5) is 43.1. The summed E-state index contributed by atoms with van der Waals surface area (Å²) >= 11 is 13.6. The average molecular weight is 696 g/mol. The number of hydrogen-bond acceptors (Lipinski definition) is 5. The first-order valence-corrected chi connectivity index (χ1v) is 16.5. The lowest BCUT2D eigenvalue weighted by molar-refractivity contribution is -0.116. The molecule has 0 spiro atoms. The van der Waals surface area contributed by atoms with E-state index < -0.39 is 17.1 Å². The lowest BCUT2D eigenvalue weighted by atomic mass is 10.1. The quantitative estimate of drug-likeness (QED) is 0.0949. The number of anilines is 3. The normalized spacial score (nSPS) is 11.7. The molecule has 5 aromatic rings. The molecule has 0 radical (unpaired) electrons. The van der Waals surface area contributed by atoms with Gasteiger partial charge in [-0.15, -0.1) is 11.8 Å². The Labute approximate surface area is 294 Å². The highest BCUT2D eigenvalue weighted by molar-refractivity contribution is 8.00. The molecule has 0 saturated carbocycles. The van der Waals surface area contributed by atoms with Gasteiger partial charge in [0, 0.05) is 41.6 Å². The van der Waals surface area contributed by atoms with Crippen molar-refractivity contribution in [1.29, 1.82) is 0 Å². The van der Waals surface area contributed by atoms with Crippen molar-refractivity contribution >= 4 is 75.8 Å². The van der Waals surface area contributed by atoms with Crippen molar-refractivity contribution in [2.75, 3.05) is 29.6 Å². The van der Waals surface area contributed by atoms with Crippen LogP contribution in [0, 0.1) is 0 Å². The van der Waals surface area contributed by atoms with Gasteiger partial charge in [0.2, 0.25) is 5.91 Å². The molecule has 3 N–H and O–H groups in total. The van der Waals surface area contributed by atoms with Crippen LogP contribution in [0.5, 0.6) is 0 Å². The molecule has 0 aliphatic heterocycles. The minimum absolute atomic E-state index is 0.0719. The molecule has 0 aromatic heterocycles. The largest absolute Gasteiger partial charge is 0.378 e. The predicted octanol–water partition coefficient (Wildman–Crippen LogP) is 8.94. The van der Waals surface area contributed by atoms with Crippen LogP contribution in [0.3, 0.4) is 0 Å². The van der Waals surface area contributed by atoms with Crippen LogP contribution < -0.4 is 20.9 Å². The molecule has 0 saturated heterocycles. The maximum Gasteiger partial charge on any atom is 0.272 e. The molecule has 242 valence electrons. The molecule has 0 fully saturated rings. The number of carbonyl (C=O) groups excluding carboxylic acids is 3. The smallest absolute Gasteiger partial charge is 0.272 e. The topological polar surface area (TPSA) is 90.5 Å². The Morgan fingerprint density at radius 1 is 0.708 bits per heavy atom. The van der Waals surface area contributed by atoms with E-state index in [-0.39, 0.29) is 11.6 Å². The van der Waals surface area contributed by atoms with E-state index in [4.69, 9.17) is 23.2 Å². The van der Waals surface area contributed by atoms with E-state index in [0.29, 0.717) is 27.0 Å². The van der Waals surface area contributed by atoms with Crippen molar-refractivity contribution in [3.05, 3.63) is 160 Å². The Bertz CT molecular complexity index is 1940. The van der Waals surface area contributed by atoms with Crippen LogP contribution in [0.15, 0.2) is 138 Å². The van der Waals surface area contributed by atoms with Gasteiger partial charge in [0.05, 0.1) is 10.0 Å². The van der Waals surface area contributed by atoms with E-state index in [0.717, 1.165) is 21.7 Å². The van der Waals surface area contributed by atoms with Crippen LogP contribution in [0.4, 0.5) is 17.1 Å². The lowest BCUT2D eigenvalue weighted by Crippen LogP contribution is -2.30. The standard InChI is InChI=1S/C38H32Cl2N4O3S/c1-44(2)30-19-16-25(17-20-30)22-34(43-36(45)27-12-7-4-8-13-27)37(46)41-28-14-9-15-31(23-28)48-35(26-10-5-3-6-11-26)38(47)42-29-18-21-32(39)33(40)24-29/h3-24,35H,1-2H3,(H,41,46)(H,42,47)(H,43,45)/b34-22+. The summed E-state index contributed by atoms with van der Waals surface area (Å²) in [6.45, 7) is 0. The summed E-state index contributed by atoms with van der Waals surface area (Å²) in [7, 11) is 3.89. The van der Waals surface area contributed by atoms with Crippen molar-refractivity contribution in [1.82, 2.24) is 5.32 Å². The third kappa shape index (κ3) is 9.29. The molecule has 1 unspecified atom stereocenters. The number of amides is 3. The molecular formula is C38H32Cl2N4O3S. The summed E-state index contributed by atoms with van der Waals surface area (Å²) in [5.74, 6) is -1.17. The maximum absolute atomic E-state index is 13.7. The number of benzene rings is 5. The molecule has 0 aliphatic rings. The summed E-state index contributed by atoms with van der Waals surface area (Å²) in [5, 5.41) is 8.72. The van der Waals surface area contributed by atoms with E-state index in [1.165, 1.54) is 11.8 Å². The molecule has 5 rings (SSSR count). The average Bonchev–Trinajstić information content (AvgIpc) is 3.09. The van der Waals surface area contributed by atoms with E-state index >= 15 is 0 Å². The van der Waals surface area contributed by atoms with Gasteiger partial charge in [0.25, 0.3) is 11.8 Å². The SMILES string of the molecule is CN(C)c1ccc(/C=C(/NC(=O)c2ccccc2)C(=O)Nc2cccc(SC(C(=O)Nc3ccc(Cl)c(Cl)c3)c3ccccc3)c2)cc1. The second-order valence-corrected chi connectivity index (χ2v) is 12.9. The zero-order valence-corrected chi connectivity index (χ0v) is 28.4. The van der Waals surface area contributed by atoms with Crippen LogP contribution in [-0.2, 0) is 9.59 Å². The second kappa shape index (κ2) is 16.2. The van der Waals surface area contributed by atoms with Crippen LogP contribution in [0.2, 0.25) is 10.0 Å². The zero-order valence-electron chi connectivity index (χ0n) is 26.1. The molecule has 0 aliphatic carbocycles. The number of nitrogens with one attached hydrogen (secondary N) is 3. The van der Waals surface area contributed by atoms with Crippen molar-refractivity contribution < 1.29 is 14.4 Å². The highest BCUT2D eigenvalue weighted by atomic mass is 35.5. The number of halogens is 2. The Morgan fingerprint density at radius 2 is 1.38 bits per heavy atom. The van der Waals surface area contributed by atoms with Crippen molar-refractivity contribution in [2.24, 2.45) is 0 Å². The van der Waals surface area contributed by atoms with E-state index in [1.807, 2.05) is 85.7 Å². The Hall–Kier alpha value is -5.02. The molecule has 10 heteroatoms. The molecule has 0 heterocycles. The van der Waals surface area contributed by atoms with Crippen LogP contribution in [0.25, 0.3) is 6.08 Å². The van der Waals surface area contributed by atoms with E-state index in [1.54, 1.807) is 66.7 Å². The number of carbonyl (C=O) groups is 3.